The highest BCUT2D eigenvalue weighted by atomic mass is 32.2. The minimum Gasteiger partial charge on any atom is -0.457 e. The molecule has 2 aromatic rings. The van der Waals surface area contributed by atoms with Crippen LogP contribution in [0.2, 0.25) is 0 Å². The van der Waals surface area contributed by atoms with Crippen molar-refractivity contribution in [3.8, 4) is 0 Å². The fraction of sp³-hybridized carbons (Fsp3) is 0.381. The van der Waals surface area contributed by atoms with Crippen molar-refractivity contribution in [2.45, 2.75) is 16.6 Å². The van der Waals surface area contributed by atoms with Gasteiger partial charge in [0.05, 0.1) is 10.00 Å². The monoisotopic (exact) mass is 368 g/mol. The van der Waals surface area contributed by atoms with Gasteiger partial charge < -0.3 is 4.74 Å². The summed E-state index contributed by atoms with van der Waals surface area (Å²) in [6.45, 7) is 0. The van der Waals surface area contributed by atoms with Gasteiger partial charge in [-0.25, -0.2) is 0 Å². The number of carbonyl (C=O) groups is 1. The lowest BCUT2D eigenvalue weighted by Crippen LogP contribution is -2.30. The number of carbonyl (C=O) groups excluding carboxylic acids is 1. The summed E-state index contributed by atoms with van der Waals surface area (Å²) in [5.74, 6) is 3.09. The summed E-state index contributed by atoms with van der Waals surface area (Å²) in [7, 11) is 0. The van der Waals surface area contributed by atoms with Crippen LogP contribution in [0.5, 0.6) is 0 Å². The summed E-state index contributed by atoms with van der Waals surface area (Å²) < 4.78 is 5.76. The third-order valence-electron chi connectivity index (χ3n) is 5.60. The van der Waals surface area contributed by atoms with E-state index in [9.17, 15) is 4.79 Å². The van der Waals surface area contributed by atoms with E-state index in [0.717, 1.165) is 5.56 Å². The highest BCUT2D eigenvalue weighted by Gasteiger charge is 2.72. The van der Waals surface area contributed by atoms with E-state index in [1.807, 2.05) is 41.7 Å². The Labute approximate surface area is 156 Å². The molecule has 4 heteroatoms. The first-order valence-corrected chi connectivity index (χ1v) is 10.9. The van der Waals surface area contributed by atoms with Gasteiger partial charge in [0, 0.05) is 11.8 Å². The zero-order chi connectivity index (χ0) is 16.9. The number of hydrogen-bond acceptors (Lipinski definition) is 4. The maximum Gasteiger partial charge on any atom is 0.310 e. The Bertz CT molecular complexity index is 771. The molecule has 1 saturated carbocycles. The van der Waals surface area contributed by atoms with Gasteiger partial charge in [-0.2, -0.15) is 0 Å². The Morgan fingerprint density at radius 2 is 1.56 bits per heavy atom. The smallest absolute Gasteiger partial charge is 0.310 e. The van der Waals surface area contributed by atoms with E-state index >= 15 is 0 Å². The second-order valence-corrected chi connectivity index (χ2v) is 9.92. The number of fused-ring (bicyclic) bond motifs is 1. The van der Waals surface area contributed by atoms with Gasteiger partial charge in [-0.1, -0.05) is 60.7 Å². The average Bonchev–Trinajstić information content (AvgIpc) is 3.35. The van der Waals surface area contributed by atoms with E-state index in [4.69, 9.17) is 4.74 Å². The fourth-order valence-electron chi connectivity index (χ4n) is 4.49. The molecule has 0 radical (unpaired) electrons. The number of hydrogen-bond donors (Lipinski definition) is 0. The summed E-state index contributed by atoms with van der Waals surface area (Å²) in [6.07, 6.45) is 1.17. The molecule has 5 rings (SSSR count). The molecular weight excluding hydrogens is 348 g/mol. The summed E-state index contributed by atoms with van der Waals surface area (Å²) in [5.41, 5.74) is 2.50. The highest BCUT2D eigenvalue weighted by molar-refractivity contribution is 8.18. The second kappa shape index (κ2) is 6.10. The van der Waals surface area contributed by atoms with Crippen LogP contribution in [0.4, 0.5) is 0 Å². The van der Waals surface area contributed by atoms with E-state index < -0.39 is 0 Å². The molecule has 128 valence electrons. The summed E-state index contributed by atoms with van der Waals surface area (Å²) in [6, 6.07) is 21.1. The quantitative estimate of drug-likeness (QED) is 0.722. The fourth-order valence-corrected chi connectivity index (χ4v) is 8.29. The Morgan fingerprint density at radius 1 is 0.920 bits per heavy atom. The molecule has 2 saturated heterocycles. The normalized spacial score (nSPS) is 32.7. The summed E-state index contributed by atoms with van der Waals surface area (Å²) in [4.78, 5) is 12.6. The first-order valence-electron chi connectivity index (χ1n) is 8.90. The number of benzene rings is 2. The number of rotatable bonds is 3. The van der Waals surface area contributed by atoms with Gasteiger partial charge in [-0.05, 0) is 29.1 Å². The van der Waals surface area contributed by atoms with Crippen LogP contribution in [0.3, 0.4) is 0 Å². The zero-order valence-corrected chi connectivity index (χ0v) is 15.5. The van der Waals surface area contributed by atoms with Crippen molar-refractivity contribution in [3.05, 3.63) is 71.8 Å². The zero-order valence-electron chi connectivity index (χ0n) is 13.8. The Kier molecular flexibility index (Phi) is 3.86. The van der Waals surface area contributed by atoms with E-state index in [-0.39, 0.29) is 22.1 Å². The molecule has 1 aliphatic carbocycles. The first-order chi connectivity index (χ1) is 12.3. The second-order valence-electron chi connectivity index (χ2n) is 6.98. The predicted molar refractivity (Wildman–Crippen MR) is 103 cm³/mol. The molecule has 0 amide bonds. The lowest BCUT2D eigenvalue weighted by atomic mass is 10.00. The molecule has 2 aromatic carbocycles. The molecule has 4 atom stereocenters. The van der Waals surface area contributed by atoms with Gasteiger partial charge in [-0.3, -0.25) is 4.79 Å². The SMILES string of the molecule is O=C1OC(c2ccccc2)[C@@H]2[C@H]1[C@H]2C1(c2ccccc2)SCCCS1. The van der Waals surface area contributed by atoms with Gasteiger partial charge in [0.1, 0.15) is 6.10 Å². The van der Waals surface area contributed by atoms with Gasteiger partial charge in [-0.15, -0.1) is 23.5 Å². The first kappa shape index (κ1) is 15.8. The maximum absolute atomic E-state index is 12.6. The van der Waals surface area contributed by atoms with Gasteiger partial charge in [0.15, 0.2) is 0 Å². The molecule has 1 unspecified atom stereocenters. The van der Waals surface area contributed by atoms with Crippen molar-refractivity contribution in [3.63, 3.8) is 0 Å². The molecule has 3 fully saturated rings. The van der Waals surface area contributed by atoms with Crippen molar-refractivity contribution in [2.75, 3.05) is 11.5 Å². The lowest BCUT2D eigenvalue weighted by molar-refractivity contribution is -0.146. The third-order valence-corrected chi connectivity index (χ3v) is 9.17. The molecule has 2 nitrogen and oxygen atoms in total. The van der Waals surface area contributed by atoms with Crippen LogP contribution >= 0.6 is 23.5 Å². The lowest BCUT2D eigenvalue weighted by Gasteiger charge is -2.38. The van der Waals surface area contributed by atoms with Crippen LogP contribution in [0, 0.1) is 17.8 Å². The van der Waals surface area contributed by atoms with Crippen LogP contribution < -0.4 is 0 Å². The van der Waals surface area contributed by atoms with Crippen LogP contribution in [0.1, 0.15) is 23.7 Å². The molecule has 0 spiro atoms. The van der Waals surface area contributed by atoms with E-state index in [2.05, 4.69) is 42.5 Å². The Morgan fingerprint density at radius 3 is 2.24 bits per heavy atom. The number of cyclic esters (lactones) is 1. The molecule has 0 N–H and O–H groups in total. The minimum absolute atomic E-state index is 0.00130. The standard InChI is InChI=1S/C21H20O2S2/c22-20-17-16(19(23-20)14-8-3-1-4-9-14)18(17)21(24-12-7-13-25-21)15-10-5-2-6-11-15/h1-6,8-11,16-19H,7,12-13H2/t16-,17+,18+,19?/m1/s1. The topological polar surface area (TPSA) is 26.3 Å². The molecule has 0 aromatic heterocycles. The molecule has 2 heterocycles. The number of ether oxygens (including phenoxy) is 1. The van der Waals surface area contributed by atoms with Crippen molar-refractivity contribution >= 4 is 29.5 Å². The van der Waals surface area contributed by atoms with Crippen molar-refractivity contribution in [2.24, 2.45) is 17.8 Å². The van der Waals surface area contributed by atoms with Crippen LogP contribution in [0.15, 0.2) is 60.7 Å². The van der Waals surface area contributed by atoms with Crippen LogP contribution in [-0.4, -0.2) is 17.5 Å². The maximum atomic E-state index is 12.6. The van der Waals surface area contributed by atoms with E-state index in [0.29, 0.717) is 11.8 Å². The number of esters is 1. The highest BCUT2D eigenvalue weighted by Crippen LogP contribution is 2.73. The Balaban J connectivity index is 1.53. The minimum atomic E-state index is -0.0765. The van der Waals surface area contributed by atoms with E-state index in [1.54, 1.807) is 0 Å². The van der Waals surface area contributed by atoms with Crippen molar-refractivity contribution in [1.29, 1.82) is 0 Å². The largest absolute Gasteiger partial charge is 0.457 e. The molecule has 0 bridgehead atoms. The molecule has 2 aliphatic heterocycles. The van der Waals surface area contributed by atoms with Gasteiger partial charge in [0.2, 0.25) is 0 Å². The van der Waals surface area contributed by atoms with Crippen molar-refractivity contribution in [1.82, 2.24) is 0 Å². The van der Waals surface area contributed by atoms with Gasteiger partial charge in [0.25, 0.3) is 0 Å². The third kappa shape index (κ3) is 2.45. The Hall–Kier alpha value is -1.39. The molecule has 3 aliphatic rings. The van der Waals surface area contributed by atoms with Crippen LogP contribution in [-0.2, 0) is 13.6 Å². The number of thioether (sulfide) groups is 2. The average molecular weight is 369 g/mol. The summed E-state index contributed by atoms with van der Waals surface area (Å²) >= 11 is 4.09. The van der Waals surface area contributed by atoms with E-state index in [1.165, 1.54) is 23.5 Å². The molecule has 25 heavy (non-hydrogen) atoms. The predicted octanol–water partition coefficient (Wildman–Crippen LogP) is 4.87. The molecular formula is C21H20O2S2. The van der Waals surface area contributed by atoms with Gasteiger partial charge >= 0.3 is 5.97 Å². The van der Waals surface area contributed by atoms with Crippen LogP contribution in [0.25, 0.3) is 0 Å². The van der Waals surface area contributed by atoms with Crippen molar-refractivity contribution < 1.29 is 9.53 Å². The summed E-state index contributed by atoms with van der Waals surface area (Å²) in [5, 5.41) is 0.